The highest BCUT2D eigenvalue weighted by atomic mass is 16.5. The number of carboxylic acids is 1. The van der Waals surface area contributed by atoms with Crippen LogP contribution in [0.5, 0.6) is 0 Å². The highest BCUT2D eigenvalue weighted by Crippen LogP contribution is 2.01. The Morgan fingerprint density at radius 3 is 2.12 bits per heavy atom. The van der Waals surface area contributed by atoms with Crippen molar-refractivity contribution in [3.8, 4) is 0 Å². The number of carboxylic acid groups (broad SMARTS) is 1. The second-order valence-electron chi connectivity index (χ2n) is 4.47. The zero-order chi connectivity index (χ0) is 19.5. The van der Waals surface area contributed by atoms with Gasteiger partial charge in [-0.05, 0) is 25.5 Å². The summed E-state index contributed by atoms with van der Waals surface area (Å²) in [7, 11) is 0. The van der Waals surface area contributed by atoms with Crippen molar-refractivity contribution in [1.29, 1.82) is 0 Å². The van der Waals surface area contributed by atoms with Crippen molar-refractivity contribution in [2.45, 2.75) is 33.6 Å². The molecule has 0 saturated carbocycles. The van der Waals surface area contributed by atoms with Crippen molar-refractivity contribution in [1.82, 2.24) is 0 Å². The normalized spacial score (nSPS) is 8.92. The molecular weight excluding hydrogens is 324 g/mol. The van der Waals surface area contributed by atoms with E-state index in [2.05, 4.69) is 18.2 Å². The number of benzene rings is 1. The number of allylic oxidation sites excluding steroid dienone is 1. The van der Waals surface area contributed by atoms with Gasteiger partial charge in [-0.3, -0.25) is 4.79 Å². The lowest BCUT2D eigenvalue weighted by Crippen LogP contribution is -2.05. The molecule has 0 aliphatic carbocycles. The molecule has 0 fully saturated rings. The standard InChI is InChI=1S/C11H14O2.2C4H6O2/c1-2-3-9-13-11(12)10-7-5-4-6-8-10;1-3-6-4(2)5;1-2-3-4(5)6/h4-8H,2-3,9H2,1H3;3H,1H2,2H3;2-3H,1H3,(H,5,6)/b;;3-2+. The molecule has 25 heavy (non-hydrogen) atoms. The largest absolute Gasteiger partial charge is 0.478 e. The van der Waals surface area contributed by atoms with E-state index < -0.39 is 5.97 Å². The maximum atomic E-state index is 11.3. The van der Waals surface area contributed by atoms with Crippen molar-refractivity contribution in [2.75, 3.05) is 6.61 Å². The molecule has 0 saturated heterocycles. The van der Waals surface area contributed by atoms with Gasteiger partial charge in [0, 0.05) is 13.0 Å². The Morgan fingerprint density at radius 1 is 1.20 bits per heavy atom. The van der Waals surface area contributed by atoms with Gasteiger partial charge in [-0.25, -0.2) is 9.59 Å². The molecule has 0 bridgehead atoms. The van der Waals surface area contributed by atoms with Gasteiger partial charge in [0.05, 0.1) is 18.4 Å². The second kappa shape index (κ2) is 17.5. The van der Waals surface area contributed by atoms with Gasteiger partial charge in [-0.15, -0.1) is 0 Å². The first kappa shape index (κ1) is 24.4. The fourth-order valence-electron chi connectivity index (χ4n) is 1.23. The predicted molar refractivity (Wildman–Crippen MR) is 96.0 cm³/mol. The number of aliphatic carboxylic acids is 1. The Morgan fingerprint density at radius 2 is 1.80 bits per heavy atom. The Kier molecular flexibility index (Phi) is 17.0. The van der Waals surface area contributed by atoms with Crippen LogP contribution in [0.2, 0.25) is 0 Å². The van der Waals surface area contributed by atoms with E-state index in [0.29, 0.717) is 12.2 Å². The third kappa shape index (κ3) is 19.1. The molecular formula is C19H26O6. The Balaban J connectivity index is 0. The van der Waals surface area contributed by atoms with Gasteiger partial charge in [0.1, 0.15) is 0 Å². The fourth-order valence-corrected chi connectivity index (χ4v) is 1.23. The van der Waals surface area contributed by atoms with Crippen LogP contribution in [0, 0.1) is 0 Å². The molecule has 0 unspecified atom stereocenters. The predicted octanol–water partition coefficient (Wildman–Crippen LogP) is 3.98. The molecule has 0 amide bonds. The molecule has 0 radical (unpaired) electrons. The maximum Gasteiger partial charge on any atom is 0.338 e. The van der Waals surface area contributed by atoms with Gasteiger partial charge in [0.15, 0.2) is 0 Å². The molecule has 1 aromatic carbocycles. The minimum atomic E-state index is -0.891. The monoisotopic (exact) mass is 350 g/mol. The molecule has 0 atom stereocenters. The first-order valence-electron chi connectivity index (χ1n) is 7.74. The molecule has 6 heteroatoms. The quantitative estimate of drug-likeness (QED) is 0.361. The number of carbonyl (C=O) groups excluding carboxylic acids is 2. The Labute approximate surface area is 148 Å². The molecule has 0 aromatic heterocycles. The fraction of sp³-hybridized carbons (Fsp3) is 0.316. The lowest BCUT2D eigenvalue weighted by atomic mass is 10.2. The van der Waals surface area contributed by atoms with Gasteiger partial charge in [0.25, 0.3) is 0 Å². The van der Waals surface area contributed by atoms with Gasteiger partial charge in [0.2, 0.25) is 0 Å². The van der Waals surface area contributed by atoms with E-state index in [1.54, 1.807) is 19.1 Å². The van der Waals surface area contributed by atoms with E-state index in [4.69, 9.17) is 9.84 Å². The number of hydrogen-bond donors (Lipinski definition) is 1. The minimum Gasteiger partial charge on any atom is -0.478 e. The lowest BCUT2D eigenvalue weighted by Gasteiger charge is -2.02. The van der Waals surface area contributed by atoms with Gasteiger partial charge >= 0.3 is 17.9 Å². The van der Waals surface area contributed by atoms with Gasteiger partial charge in [-0.2, -0.15) is 0 Å². The number of hydrogen-bond acceptors (Lipinski definition) is 5. The van der Waals surface area contributed by atoms with E-state index in [-0.39, 0.29) is 11.9 Å². The molecule has 0 spiro atoms. The summed E-state index contributed by atoms with van der Waals surface area (Å²) in [4.78, 5) is 30.6. The molecule has 1 rings (SSSR count). The first-order valence-corrected chi connectivity index (χ1v) is 7.74. The third-order valence-electron chi connectivity index (χ3n) is 2.30. The topological polar surface area (TPSA) is 89.9 Å². The molecule has 1 aromatic rings. The lowest BCUT2D eigenvalue weighted by molar-refractivity contribution is -0.135. The van der Waals surface area contributed by atoms with E-state index >= 15 is 0 Å². The van der Waals surface area contributed by atoms with Crippen molar-refractivity contribution < 1.29 is 29.0 Å². The molecule has 1 N–H and O–H groups in total. The van der Waals surface area contributed by atoms with Crippen molar-refractivity contribution in [3.63, 3.8) is 0 Å². The van der Waals surface area contributed by atoms with Crippen LogP contribution in [0.3, 0.4) is 0 Å². The zero-order valence-corrected chi connectivity index (χ0v) is 14.9. The van der Waals surface area contributed by atoms with Crippen LogP contribution in [-0.2, 0) is 19.1 Å². The van der Waals surface area contributed by atoms with Crippen LogP contribution in [0.1, 0.15) is 44.0 Å². The molecule has 0 heterocycles. The summed E-state index contributed by atoms with van der Waals surface area (Å²) in [6, 6.07) is 9.05. The summed E-state index contributed by atoms with van der Waals surface area (Å²) in [6.45, 7) is 8.72. The number of rotatable bonds is 6. The first-order chi connectivity index (χ1) is 11.9. The molecule has 0 aliphatic rings. The molecule has 6 nitrogen and oxygen atoms in total. The number of carbonyl (C=O) groups is 3. The number of unbranched alkanes of at least 4 members (excludes halogenated alkanes) is 1. The Bertz CT molecular complexity index is 534. The second-order valence-corrected chi connectivity index (χ2v) is 4.47. The maximum absolute atomic E-state index is 11.3. The summed E-state index contributed by atoms with van der Waals surface area (Å²) in [5.74, 6) is -1.45. The van der Waals surface area contributed by atoms with E-state index in [1.165, 1.54) is 13.0 Å². The van der Waals surface area contributed by atoms with Crippen LogP contribution in [-0.4, -0.2) is 29.6 Å². The summed E-state index contributed by atoms with van der Waals surface area (Å²) in [5.41, 5.74) is 0.624. The highest BCUT2D eigenvalue weighted by Gasteiger charge is 2.03. The average molecular weight is 350 g/mol. The average Bonchev–Trinajstić information content (AvgIpc) is 2.56. The van der Waals surface area contributed by atoms with Gasteiger partial charge in [-0.1, -0.05) is 44.2 Å². The van der Waals surface area contributed by atoms with E-state index in [1.807, 2.05) is 18.2 Å². The molecule has 0 aliphatic heterocycles. The Hall–Kier alpha value is -2.89. The number of esters is 2. The van der Waals surface area contributed by atoms with Crippen LogP contribution in [0.15, 0.2) is 55.3 Å². The van der Waals surface area contributed by atoms with Crippen LogP contribution < -0.4 is 0 Å². The van der Waals surface area contributed by atoms with Crippen LogP contribution in [0.25, 0.3) is 0 Å². The third-order valence-corrected chi connectivity index (χ3v) is 2.30. The van der Waals surface area contributed by atoms with Gasteiger partial charge < -0.3 is 14.6 Å². The number of ether oxygens (including phenoxy) is 2. The smallest absolute Gasteiger partial charge is 0.338 e. The van der Waals surface area contributed by atoms with Crippen molar-refractivity contribution in [2.24, 2.45) is 0 Å². The molecule has 138 valence electrons. The minimum absolute atomic E-state index is 0.228. The zero-order valence-electron chi connectivity index (χ0n) is 14.9. The summed E-state index contributed by atoms with van der Waals surface area (Å²) >= 11 is 0. The van der Waals surface area contributed by atoms with Crippen LogP contribution >= 0.6 is 0 Å². The SMILES string of the molecule is C/C=C/C(=O)O.C=COC(C)=O.CCCCOC(=O)c1ccccc1. The van der Waals surface area contributed by atoms with Crippen molar-refractivity contribution >= 4 is 17.9 Å². The highest BCUT2D eigenvalue weighted by molar-refractivity contribution is 5.89. The van der Waals surface area contributed by atoms with Crippen LogP contribution in [0.4, 0.5) is 0 Å². The summed E-state index contributed by atoms with van der Waals surface area (Å²) in [5, 5.41) is 7.83. The van der Waals surface area contributed by atoms with Crippen molar-refractivity contribution in [3.05, 3.63) is 60.9 Å². The summed E-state index contributed by atoms with van der Waals surface area (Å²) < 4.78 is 9.20. The summed E-state index contributed by atoms with van der Waals surface area (Å²) in [6.07, 6.45) is 5.63. The van der Waals surface area contributed by atoms with E-state index in [0.717, 1.165) is 25.2 Å². The van der Waals surface area contributed by atoms with E-state index in [9.17, 15) is 14.4 Å².